The maximum Gasteiger partial charge on any atom is 0.330 e. The van der Waals surface area contributed by atoms with Crippen LogP contribution in [0.3, 0.4) is 0 Å². The molecule has 0 N–H and O–H groups in total. The summed E-state index contributed by atoms with van der Waals surface area (Å²) in [7, 11) is -3.07. The molecule has 0 saturated heterocycles. The number of para-hydroxylation sites is 2. The summed E-state index contributed by atoms with van der Waals surface area (Å²) in [5.74, 6) is 0. The van der Waals surface area contributed by atoms with Crippen LogP contribution in [0.15, 0.2) is 101 Å². The van der Waals surface area contributed by atoms with E-state index in [1.165, 1.54) is 37.6 Å². The van der Waals surface area contributed by atoms with Gasteiger partial charge in [-0.05, 0) is 50.1 Å². The number of fused-ring (bicyclic) bond motifs is 2. The third-order valence-corrected chi connectivity index (χ3v) is 9.81. The highest BCUT2D eigenvalue weighted by Gasteiger charge is 2.28. The summed E-state index contributed by atoms with van der Waals surface area (Å²) < 4.78 is 26.4. The van der Waals surface area contributed by atoms with Crippen LogP contribution in [0.4, 0.5) is 5.69 Å². The molecule has 0 atom stereocenters. The SMILES string of the molecule is CCOP(=O)(CCCN1C(=Cc2cc[n+](Cc3ccccc3)c3ccccc23)Sc2ccccc21)OCC. The molecular formula is C31H34N2O3PS+. The van der Waals surface area contributed by atoms with Crippen molar-refractivity contribution in [3.05, 3.63) is 107 Å². The summed E-state index contributed by atoms with van der Waals surface area (Å²) in [6.45, 7) is 6.04. The standard InChI is InChI=1S/C31H34N2O3PS/c1-3-35-37(34,36-4-2)22-12-20-33-29-17-10-11-18-30(29)38-31(33)23-26-19-21-32(24-25-13-6-5-7-14-25)28-16-9-8-15-27(26)28/h5-11,13-19,21,23H,3-4,12,20,22,24H2,1-2H3/q+1. The minimum absolute atomic E-state index is 0.385. The Labute approximate surface area is 229 Å². The van der Waals surface area contributed by atoms with Crippen LogP contribution in [0.25, 0.3) is 17.0 Å². The van der Waals surface area contributed by atoms with Gasteiger partial charge in [0.2, 0.25) is 5.52 Å². The molecule has 2 heterocycles. The maximum absolute atomic E-state index is 13.0. The molecule has 7 heteroatoms. The van der Waals surface area contributed by atoms with Crippen molar-refractivity contribution < 1.29 is 18.2 Å². The summed E-state index contributed by atoms with van der Waals surface area (Å²) in [5.41, 5.74) is 4.84. The van der Waals surface area contributed by atoms with Gasteiger partial charge in [0.15, 0.2) is 12.7 Å². The summed E-state index contributed by atoms with van der Waals surface area (Å²) in [6.07, 6.45) is 5.57. The van der Waals surface area contributed by atoms with Gasteiger partial charge in [0.1, 0.15) is 0 Å². The lowest BCUT2D eigenvalue weighted by Gasteiger charge is -2.22. The largest absolute Gasteiger partial charge is 0.335 e. The van der Waals surface area contributed by atoms with E-state index < -0.39 is 7.60 Å². The number of anilines is 1. The monoisotopic (exact) mass is 545 g/mol. The molecule has 0 fully saturated rings. The summed E-state index contributed by atoms with van der Waals surface area (Å²) in [4.78, 5) is 3.57. The summed E-state index contributed by atoms with van der Waals surface area (Å²) >= 11 is 1.78. The molecule has 3 aromatic carbocycles. The molecule has 1 aromatic heterocycles. The number of pyridine rings is 1. The number of aromatic nitrogens is 1. The zero-order valence-electron chi connectivity index (χ0n) is 22.0. The molecule has 1 aliphatic heterocycles. The molecule has 0 saturated carbocycles. The summed E-state index contributed by atoms with van der Waals surface area (Å²) in [5, 5.41) is 2.38. The van der Waals surface area contributed by atoms with Gasteiger partial charge in [0, 0.05) is 29.1 Å². The quantitative estimate of drug-likeness (QED) is 0.142. The van der Waals surface area contributed by atoms with Crippen molar-refractivity contribution in [2.75, 3.05) is 30.8 Å². The first-order valence-electron chi connectivity index (χ1n) is 13.2. The first-order valence-corrected chi connectivity index (χ1v) is 15.7. The highest BCUT2D eigenvalue weighted by molar-refractivity contribution is 8.03. The predicted octanol–water partition coefficient (Wildman–Crippen LogP) is 7.74. The van der Waals surface area contributed by atoms with Crippen LogP contribution in [0.2, 0.25) is 0 Å². The Balaban J connectivity index is 1.44. The first-order chi connectivity index (χ1) is 18.6. The average molecular weight is 546 g/mol. The Morgan fingerprint density at radius 3 is 2.39 bits per heavy atom. The zero-order chi connectivity index (χ0) is 26.4. The van der Waals surface area contributed by atoms with Crippen molar-refractivity contribution in [1.29, 1.82) is 0 Å². The molecule has 0 unspecified atom stereocenters. The highest BCUT2D eigenvalue weighted by Crippen LogP contribution is 2.50. The minimum atomic E-state index is -3.07. The molecule has 0 bridgehead atoms. The zero-order valence-corrected chi connectivity index (χ0v) is 23.7. The Morgan fingerprint density at radius 2 is 1.61 bits per heavy atom. The second kappa shape index (κ2) is 12.3. The number of nitrogens with zero attached hydrogens (tertiary/aromatic N) is 2. The Hall–Kier alpha value is -2.89. The van der Waals surface area contributed by atoms with E-state index in [0.29, 0.717) is 25.8 Å². The molecular weight excluding hydrogens is 511 g/mol. The smallest absolute Gasteiger partial charge is 0.330 e. The van der Waals surface area contributed by atoms with Gasteiger partial charge >= 0.3 is 7.60 Å². The van der Waals surface area contributed by atoms with Crippen LogP contribution in [-0.2, 0) is 20.2 Å². The Kier molecular flexibility index (Phi) is 8.65. The first kappa shape index (κ1) is 26.7. The molecule has 1 aliphatic rings. The van der Waals surface area contributed by atoms with Crippen molar-refractivity contribution in [2.24, 2.45) is 0 Å². The lowest BCUT2D eigenvalue weighted by atomic mass is 10.1. The fourth-order valence-corrected chi connectivity index (χ4v) is 7.65. The van der Waals surface area contributed by atoms with E-state index in [0.717, 1.165) is 13.1 Å². The van der Waals surface area contributed by atoms with Gasteiger partial charge in [-0.1, -0.05) is 66.4 Å². The van der Waals surface area contributed by atoms with E-state index in [4.69, 9.17) is 9.05 Å². The maximum atomic E-state index is 13.0. The lowest BCUT2D eigenvalue weighted by Crippen LogP contribution is -2.34. The Bertz CT molecular complexity index is 1460. The van der Waals surface area contributed by atoms with E-state index in [-0.39, 0.29) is 0 Å². The van der Waals surface area contributed by atoms with Crippen molar-refractivity contribution in [2.45, 2.75) is 31.7 Å². The van der Waals surface area contributed by atoms with Gasteiger partial charge in [-0.3, -0.25) is 4.57 Å². The molecule has 0 amide bonds. The average Bonchev–Trinajstić information content (AvgIpc) is 3.28. The number of rotatable bonds is 11. The van der Waals surface area contributed by atoms with Crippen LogP contribution in [0.1, 0.15) is 31.4 Å². The van der Waals surface area contributed by atoms with E-state index in [9.17, 15) is 4.57 Å². The number of thioether (sulfide) groups is 1. The van der Waals surface area contributed by atoms with E-state index >= 15 is 0 Å². The lowest BCUT2D eigenvalue weighted by molar-refractivity contribution is -0.662. The van der Waals surface area contributed by atoms with Gasteiger partial charge < -0.3 is 13.9 Å². The third-order valence-electron chi connectivity index (χ3n) is 6.54. The topological polar surface area (TPSA) is 42.7 Å². The molecule has 4 aromatic rings. The molecule has 0 radical (unpaired) electrons. The highest BCUT2D eigenvalue weighted by atomic mass is 32.2. The van der Waals surface area contributed by atoms with E-state index in [1.807, 2.05) is 13.8 Å². The fraction of sp³-hybridized carbons (Fsp3) is 0.258. The molecule has 196 valence electrons. The normalized spacial score (nSPS) is 14.4. The summed E-state index contributed by atoms with van der Waals surface area (Å²) in [6, 6.07) is 29.8. The second-order valence-electron chi connectivity index (χ2n) is 9.13. The Morgan fingerprint density at radius 1 is 0.895 bits per heavy atom. The van der Waals surface area contributed by atoms with Crippen molar-refractivity contribution in [3.8, 4) is 0 Å². The van der Waals surface area contributed by atoms with Crippen molar-refractivity contribution >= 4 is 42.0 Å². The number of hydrogen-bond donors (Lipinski definition) is 0. The number of hydrogen-bond acceptors (Lipinski definition) is 5. The van der Waals surface area contributed by atoms with E-state index in [2.05, 4.69) is 107 Å². The van der Waals surface area contributed by atoms with Crippen LogP contribution in [-0.4, -0.2) is 25.9 Å². The minimum Gasteiger partial charge on any atom is -0.335 e. The van der Waals surface area contributed by atoms with Gasteiger partial charge in [-0.25, -0.2) is 0 Å². The second-order valence-corrected chi connectivity index (χ2v) is 12.4. The molecule has 38 heavy (non-hydrogen) atoms. The third kappa shape index (κ3) is 6.05. The predicted molar refractivity (Wildman–Crippen MR) is 158 cm³/mol. The van der Waals surface area contributed by atoms with Crippen LogP contribution < -0.4 is 9.47 Å². The van der Waals surface area contributed by atoms with Gasteiger partial charge in [-0.2, -0.15) is 4.57 Å². The fourth-order valence-electron chi connectivity index (χ4n) is 4.86. The van der Waals surface area contributed by atoms with Gasteiger partial charge in [0.05, 0.1) is 35.5 Å². The van der Waals surface area contributed by atoms with Gasteiger partial charge in [0.25, 0.3) is 0 Å². The van der Waals surface area contributed by atoms with Crippen LogP contribution in [0.5, 0.6) is 0 Å². The molecule has 0 aliphatic carbocycles. The van der Waals surface area contributed by atoms with E-state index in [1.54, 1.807) is 11.8 Å². The van der Waals surface area contributed by atoms with Gasteiger partial charge in [-0.15, -0.1) is 0 Å². The number of benzene rings is 3. The van der Waals surface area contributed by atoms with Crippen LogP contribution >= 0.6 is 19.4 Å². The molecule has 5 rings (SSSR count). The van der Waals surface area contributed by atoms with Crippen molar-refractivity contribution in [3.63, 3.8) is 0 Å². The molecule has 0 spiro atoms. The van der Waals surface area contributed by atoms with Crippen LogP contribution in [0, 0.1) is 0 Å². The van der Waals surface area contributed by atoms with Crippen molar-refractivity contribution in [1.82, 2.24) is 0 Å². The molecule has 5 nitrogen and oxygen atoms in total.